The Labute approximate surface area is 181 Å². The quantitative estimate of drug-likeness (QED) is 0.447. The smallest absolute Gasteiger partial charge is 0.254 e. The minimum absolute atomic E-state index is 0.109. The molecule has 0 aromatic heterocycles. The van der Waals surface area contributed by atoms with Gasteiger partial charge in [0, 0.05) is 24.7 Å². The molecular formula is C27H23NO3. The number of hydrogen-bond acceptors (Lipinski definition) is 3. The number of carbonyl (C=O) groups is 1. The summed E-state index contributed by atoms with van der Waals surface area (Å²) in [5.74, 6) is -0.386. The highest BCUT2D eigenvalue weighted by Gasteiger charge is 2.25. The van der Waals surface area contributed by atoms with Crippen molar-refractivity contribution in [3.63, 3.8) is 0 Å². The Morgan fingerprint density at radius 2 is 1.26 bits per heavy atom. The van der Waals surface area contributed by atoms with Gasteiger partial charge in [-0.25, -0.2) is 0 Å². The molecule has 0 saturated carbocycles. The summed E-state index contributed by atoms with van der Waals surface area (Å²) in [5, 5.41) is 19.4. The topological polar surface area (TPSA) is 60.8 Å². The Hall–Kier alpha value is -3.79. The van der Waals surface area contributed by atoms with Gasteiger partial charge in [0.1, 0.15) is 11.5 Å². The molecule has 0 spiro atoms. The molecule has 4 heteroatoms. The number of likely N-dealkylation sites (tertiary alicyclic amines) is 1. The number of carbonyl (C=O) groups excluding carboxylic acids is 1. The van der Waals surface area contributed by atoms with Crippen LogP contribution in [-0.4, -0.2) is 34.1 Å². The first-order valence-corrected chi connectivity index (χ1v) is 10.5. The number of aromatic hydroxyl groups is 2. The van der Waals surface area contributed by atoms with E-state index in [4.69, 9.17) is 0 Å². The van der Waals surface area contributed by atoms with Gasteiger partial charge in [0.05, 0.1) is 0 Å². The first-order chi connectivity index (χ1) is 15.1. The van der Waals surface area contributed by atoms with Crippen molar-refractivity contribution in [2.24, 2.45) is 0 Å². The molecule has 0 unspecified atom stereocenters. The number of amides is 1. The summed E-state index contributed by atoms with van der Waals surface area (Å²) in [6, 6.07) is 21.0. The molecule has 154 valence electrons. The molecule has 0 radical (unpaired) electrons. The molecule has 31 heavy (non-hydrogen) atoms. The Morgan fingerprint density at radius 1 is 0.742 bits per heavy atom. The third-order valence-corrected chi connectivity index (χ3v) is 6.06. The van der Waals surface area contributed by atoms with Crippen molar-refractivity contribution in [1.82, 2.24) is 4.90 Å². The van der Waals surface area contributed by atoms with Crippen molar-refractivity contribution in [3.05, 3.63) is 100 Å². The van der Waals surface area contributed by atoms with Crippen molar-refractivity contribution >= 4 is 23.6 Å². The zero-order chi connectivity index (χ0) is 21.4. The van der Waals surface area contributed by atoms with Crippen molar-refractivity contribution in [2.45, 2.75) is 12.8 Å². The average Bonchev–Trinajstić information content (AvgIpc) is 2.95. The largest absolute Gasteiger partial charge is 0.508 e. The Morgan fingerprint density at radius 3 is 1.81 bits per heavy atom. The molecule has 2 N–H and O–H groups in total. The lowest BCUT2D eigenvalue weighted by Crippen LogP contribution is -2.36. The third-order valence-electron chi connectivity index (χ3n) is 6.06. The van der Waals surface area contributed by atoms with E-state index in [1.165, 1.54) is 51.6 Å². The molecule has 0 atom stereocenters. The van der Waals surface area contributed by atoms with E-state index in [-0.39, 0.29) is 17.4 Å². The van der Waals surface area contributed by atoms with Gasteiger partial charge in [-0.05, 0) is 52.8 Å². The molecule has 0 bridgehead atoms. The molecule has 4 nitrogen and oxygen atoms in total. The van der Waals surface area contributed by atoms with Gasteiger partial charge in [-0.2, -0.15) is 0 Å². The van der Waals surface area contributed by atoms with E-state index in [1.807, 2.05) is 0 Å². The minimum atomic E-state index is -0.168. The number of nitrogens with zero attached hydrogens (tertiary/aromatic N) is 1. The van der Waals surface area contributed by atoms with Gasteiger partial charge < -0.3 is 15.1 Å². The number of fused-ring (bicyclic) bond motifs is 2. The highest BCUT2D eigenvalue weighted by atomic mass is 16.3. The fraction of sp³-hybridized carbons (Fsp3) is 0.148. The molecule has 3 aromatic rings. The van der Waals surface area contributed by atoms with Crippen molar-refractivity contribution in [1.29, 1.82) is 0 Å². The summed E-state index contributed by atoms with van der Waals surface area (Å²) < 4.78 is 0. The van der Waals surface area contributed by atoms with Crippen LogP contribution < -0.4 is 0 Å². The van der Waals surface area contributed by atoms with E-state index >= 15 is 0 Å². The SMILES string of the molecule is O=C(c1cc(O)cc(O)c1)N1CCC(=C2c3ccccc3C=Cc3ccccc32)CC1. The lowest BCUT2D eigenvalue weighted by atomic mass is 9.86. The Kier molecular flexibility index (Phi) is 4.83. The number of phenolic OH excluding ortho intramolecular Hbond substituents is 2. The maximum atomic E-state index is 12.9. The first kappa shape index (κ1) is 19.2. The molecular weight excluding hydrogens is 386 g/mol. The maximum absolute atomic E-state index is 12.9. The second-order valence-corrected chi connectivity index (χ2v) is 8.02. The summed E-state index contributed by atoms with van der Waals surface area (Å²) in [7, 11) is 0. The van der Waals surface area contributed by atoms with Crippen LogP contribution in [-0.2, 0) is 0 Å². The summed E-state index contributed by atoms with van der Waals surface area (Å²) in [4.78, 5) is 14.7. The number of phenols is 2. The van der Waals surface area contributed by atoms with Crippen LogP contribution in [0.25, 0.3) is 17.7 Å². The average molecular weight is 409 g/mol. The van der Waals surface area contributed by atoms with Gasteiger partial charge in [0.15, 0.2) is 0 Å². The van der Waals surface area contributed by atoms with Crippen LogP contribution in [0, 0.1) is 0 Å². The van der Waals surface area contributed by atoms with E-state index in [9.17, 15) is 15.0 Å². The fourth-order valence-corrected chi connectivity index (χ4v) is 4.58. The zero-order valence-corrected chi connectivity index (χ0v) is 17.1. The van der Waals surface area contributed by atoms with Crippen LogP contribution >= 0.6 is 0 Å². The zero-order valence-electron chi connectivity index (χ0n) is 17.1. The van der Waals surface area contributed by atoms with E-state index in [0.29, 0.717) is 18.7 Å². The molecule has 1 amide bonds. The van der Waals surface area contributed by atoms with Crippen LogP contribution in [0.1, 0.15) is 45.5 Å². The van der Waals surface area contributed by atoms with Gasteiger partial charge in [0.2, 0.25) is 0 Å². The predicted molar refractivity (Wildman–Crippen MR) is 123 cm³/mol. The van der Waals surface area contributed by atoms with Gasteiger partial charge in [-0.1, -0.05) is 66.3 Å². The fourth-order valence-electron chi connectivity index (χ4n) is 4.58. The predicted octanol–water partition coefficient (Wildman–Crippen LogP) is 5.32. The van der Waals surface area contributed by atoms with E-state index in [2.05, 4.69) is 60.7 Å². The minimum Gasteiger partial charge on any atom is -0.508 e. The van der Waals surface area contributed by atoms with Crippen LogP contribution in [0.2, 0.25) is 0 Å². The third kappa shape index (κ3) is 3.61. The lowest BCUT2D eigenvalue weighted by molar-refractivity contribution is 0.0743. The summed E-state index contributed by atoms with van der Waals surface area (Å²) in [5.41, 5.74) is 7.81. The number of benzene rings is 3. The normalized spacial score (nSPS) is 15.3. The van der Waals surface area contributed by atoms with Crippen LogP contribution in [0.5, 0.6) is 11.5 Å². The summed E-state index contributed by atoms with van der Waals surface area (Å²) >= 11 is 0. The molecule has 1 fully saturated rings. The van der Waals surface area contributed by atoms with E-state index in [0.717, 1.165) is 12.8 Å². The first-order valence-electron chi connectivity index (χ1n) is 10.5. The Balaban J connectivity index is 1.49. The van der Waals surface area contributed by atoms with Crippen molar-refractivity contribution < 1.29 is 15.0 Å². The van der Waals surface area contributed by atoms with Gasteiger partial charge in [-0.3, -0.25) is 4.79 Å². The maximum Gasteiger partial charge on any atom is 0.254 e. The van der Waals surface area contributed by atoms with Crippen molar-refractivity contribution in [2.75, 3.05) is 13.1 Å². The number of hydrogen-bond donors (Lipinski definition) is 2. The molecule has 2 aliphatic rings. The summed E-state index contributed by atoms with van der Waals surface area (Å²) in [6.45, 7) is 1.21. The standard InChI is InChI=1S/C27H23NO3/c29-22-15-21(16-23(30)17-22)27(31)28-13-11-20(12-14-28)26-24-7-3-1-5-18(24)9-10-19-6-2-4-8-25(19)26/h1-10,15-17,29-30H,11-14H2. The second kappa shape index (κ2) is 7.80. The molecule has 1 aliphatic carbocycles. The lowest BCUT2D eigenvalue weighted by Gasteiger charge is -2.31. The summed E-state index contributed by atoms with van der Waals surface area (Å²) in [6.07, 6.45) is 5.92. The number of rotatable bonds is 1. The molecule has 5 rings (SSSR count). The molecule has 1 heterocycles. The highest BCUT2D eigenvalue weighted by molar-refractivity contribution is 5.96. The number of piperidine rings is 1. The second-order valence-electron chi connectivity index (χ2n) is 8.02. The van der Waals surface area contributed by atoms with Crippen molar-refractivity contribution in [3.8, 4) is 11.5 Å². The van der Waals surface area contributed by atoms with Crippen LogP contribution in [0.3, 0.4) is 0 Å². The van der Waals surface area contributed by atoms with Gasteiger partial charge >= 0.3 is 0 Å². The van der Waals surface area contributed by atoms with E-state index < -0.39 is 0 Å². The van der Waals surface area contributed by atoms with Gasteiger partial charge in [-0.15, -0.1) is 0 Å². The highest BCUT2D eigenvalue weighted by Crippen LogP contribution is 2.38. The van der Waals surface area contributed by atoms with E-state index in [1.54, 1.807) is 4.90 Å². The molecule has 1 aliphatic heterocycles. The van der Waals surface area contributed by atoms with Gasteiger partial charge in [0.25, 0.3) is 5.91 Å². The van der Waals surface area contributed by atoms with Crippen LogP contribution in [0.4, 0.5) is 0 Å². The van der Waals surface area contributed by atoms with Crippen LogP contribution in [0.15, 0.2) is 72.3 Å². The monoisotopic (exact) mass is 409 g/mol. The molecule has 3 aromatic carbocycles. The Bertz CT molecular complexity index is 1160. The molecule has 1 saturated heterocycles.